The summed E-state index contributed by atoms with van der Waals surface area (Å²) in [5, 5.41) is 0. The van der Waals surface area contributed by atoms with Crippen LogP contribution in [0.1, 0.15) is 12.8 Å². The Morgan fingerprint density at radius 2 is 2.06 bits per heavy atom. The summed E-state index contributed by atoms with van der Waals surface area (Å²) in [4.78, 5) is 29.7. The Kier molecular flexibility index (Phi) is 6.38. The molecule has 0 bridgehead atoms. The molecule has 6 nitrogen and oxygen atoms in total. The summed E-state index contributed by atoms with van der Waals surface area (Å²) in [6.07, 6.45) is 2.60. The first-order valence-electron chi connectivity index (χ1n) is 6.01. The Hall–Kier alpha value is -1.40. The zero-order valence-corrected chi connectivity index (χ0v) is 10.7. The first kappa shape index (κ1) is 14.7. The van der Waals surface area contributed by atoms with Crippen LogP contribution in [0.15, 0.2) is 12.7 Å². The van der Waals surface area contributed by atoms with Crippen LogP contribution in [-0.4, -0.2) is 50.1 Å². The molecular formula is C12H20N2O4. The van der Waals surface area contributed by atoms with Gasteiger partial charge in [0, 0.05) is 26.1 Å². The van der Waals surface area contributed by atoms with Gasteiger partial charge in [0.25, 0.3) is 0 Å². The molecule has 0 atom stereocenters. The SMILES string of the molecule is C=CC(=O)N1CCC(C(=O)NOCCOC)CC1. The molecule has 2 amide bonds. The molecule has 0 radical (unpaired) electrons. The van der Waals surface area contributed by atoms with Crippen molar-refractivity contribution in [1.82, 2.24) is 10.4 Å². The van der Waals surface area contributed by atoms with Crippen LogP contribution in [0, 0.1) is 5.92 Å². The third-order valence-corrected chi connectivity index (χ3v) is 2.91. The predicted octanol–water partition coefficient (Wildman–Crippen LogP) is 0.105. The number of ether oxygens (including phenoxy) is 1. The van der Waals surface area contributed by atoms with E-state index in [-0.39, 0.29) is 17.7 Å². The summed E-state index contributed by atoms with van der Waals surface area (Å²) in [5.74, 6) is -0.302. The van der Waals surface area contributed by atoms with E-state index in [1.807, 2.05) is 0 Å². The third-order valence-electron chi connectivity index (χ3n) is 2.91. The van der Waals surface area contributed by atoms with Crippen molar-refractivity contribution in [3.63, 3.8) is 0 Å². The number of hydrogen-bond acceptors (Lipinski definition) is 4. The summed E-state index contributed by atoms with van der Waals surface area (Å²) in [7, 11) is 1.57. The maximum Gasteiger partial charge on any atom is 0.246 e. The van der Waals surface area contributed by atoms with E-state index in [1.54, 1.807) is 12.0 Å². The molecule has 1 rings (SSSR count). The second-order valence-corrected chi connectivity index (χ2v) is 4.11. The van der Waals surface area contributed by atoms with Gasteiger partial charge in [0.1, 0.15) is 0 Å². The van der Waals surface area contributed by atoms with Gasteiger partial charge >= 0.3 is 0 Å². The molecule has 18 heavy (non-hydrogen) atoms. The lowest BCUT2D eigenvalue weighted by Crippen LogP contribution is -2.42. The van der Waals surface area contributed by atoms with Gasteiger partial charge in [-0.2, -0.15) is 0 Å². The zero-order valence-electron chi connectivity index (χ0n) is 10.7. The van der Waals surface area contributed by atoms with Crippen molar-refractivity contribution >= 4 is 11.8 Å². The Bertz CT molecular complexity index is 298. The number of hydroxylamine groups is 1. The zero-order chi connectivity index (χ0) is 13.4. The van der Waals surface area contributed by atoms with Crippen molar-refractivity contribution in [1.29, 1.82) is 0 Å². The van der Waals surface area contributed by atoms with Crippen molar-refractivity contribution in [2.45, 2.75) is 12.8 Å². The minimum atomic E-state index is -0.128. The number of nitrogens with zero attached hydrogens (tertiary/aromatic N) is 1. The average Bonchev–Trinajstić information content (AvgIpc) is 2.42. The lowest BCUT2D eigenvalue weighted by Gasteiger charge is -2.30. The quantitative estimate of drug-likeness (QED) is 0.416. The second-order valence-electron chi connectivity index (χ2n) is 4.11. The molecule has 1 fully saturated rings. The van der Waals surface area contributed by atoms with E-state index < -0.39 is 0 Å². The van der Waals surface area contributed by atoms with Gasteiger partial charge in [0.15, 0.2) is 0 Å². The van der Waals surface area contributed by atoms with E-state index in [0.717, 1.165) is 0 Å². The lowest BCUT2D eigenvalue weighted by atomic mass is 9.96. The minimum absolute atomic E-state index is 0.0785. The van der Waals surface area contributed by atoms with Crippen molar-refractivity contribution in [3.05, 3.63) is 12.7 Å². The lowest BCUT2D eigenvalue weighted by molar-refractivity contribution is -0.142. The van der Waals surface area contributed by atoms with Crippen molar-refractivity contribution in [2.24, 2.45) is 5.92 Å². The first-order chi connectivity index (χ1) is 8.69. The highest BCUT2D eigenvalue weighted by atomic mass is 16.7. The Labute approximate surface area is 107 Å². The number of likely N-dealkylation sites (tertiary alicyclic amines) is 1. The van der Waals surface area contributed by atoms with Gasteiger partial charge in [-0.3, -0.25) is 14.4 Å². The number of hydrogen-bond donors (Lipinski definition) is 1. The van der Waals surface area contributed by atoms with Gasteiger partial charge in [0.2, 0.25) is 11.8 Å². The largest absolute Gasteiger partial charge is 0.382 e. The molecule has 0 aromatic heterocycles. The van der Waals surface area contributed by atoms with E-state index in [4.69, 9.17) is 9.57 Å². The topological polar surface area (TPSA) is 67.9 Å². The van der Waals surface area contributed by atoms with Gasteiger partial charge in [-0.25, -0.2) is 5.48 Å². The molecule has 6 heteroatoms. The molecule has 1 aliphatic rings. The Morgan fingerprint density at radius 1 is 1.39 bits per heavy atom. The highest BCUT2D eigenvalue weighted by Gasteiger charge is 2.26. The van der Waals surface area contributed by atoms with Crippen LogP contribution in [-0.2, 0) is 19.2 Å². The number of piperidine rings is 1. The van der Waals surface area contributed by atoms with Crippen LogP contribution in [0.2, 0.25) is 0 Å². The number of amides is 2. The molecule has 0 aromatic carbocycles. The van der Waals surface area contributed by atoms with Crippen molar-refractivity contribution < 1.29 is 19.2 Å². The molecule has 0 aromatic rings. The van der Waals surface area contributed by atoms with Gasteiger partial charge in [-0.1, -0.05) is 6.58 Å². The summed E-state index contributed by atoms with van der Waals surface area (Å²) in [5.41, 5.74) is 2.40. The highest BCUT2D eigenvalue weighted by Crippen LogP contribution is 2.17. The molecule has 1 heterocycles. The van der Waals surface area contributed by atoms with Crippen LogP contribution in [0.3, 0.4) is 0 Å². The molecular weight excluding hydrogens is 236 g/mol. The van der Waals surface area contributed by atoms with Crippen LogP contribution in [0.4, 0.5) is 0 Å². The van der Waals surface area contributed by atoms with Crippen molar-refractivity contribution in [3.8, 4) is 0 Å². The van der Waals surface area contributed by atoms with Gasteiger partial charge in [-0.15, -0.1) is 0 Å². The number of rotatable bonds is 6. The fraction of sp³-hybridized carbons (Fsp3) is 0.667. The predicted molar refractivity (Wildman–Crippen MR) is 65.5 cm³/mol. The van der Waals surface area contributed by atoms with Crippen LogP contribution in [0.25, 0.3) is 0 Å². The average molecular weight is 256 g/mol. The molecule has 1 saturated heterocycles. The second kappa shape index (κ2) is 7.84. The van der Waals surface area contributed by atoms with E-state index in [1.165, 1.54) is 6.08 Å². The standard InChI is InChI=1S/C12H20N2O4/c1-3-11(15)14-6-4-10(5-7-14)12(16)13-18-9-8-17-2/h3,10H,1,4-9H2,2H3,(H,13,16). The minimum Gasteiger partial charge on any atom is -0.382 e. The van der Waals surface area contributed by atoms with E-state index in [2.05, 4.69) is 12.1 Å². The van der Waals surface area contributed by atoms with Crippen LogP contribution in [0.5, 0.6) is 0 Å². The number of nitrogens with one attached hydrogen (secondary N) is 1. The monoisotopic (exact) mass is 256 g/mol. The summed E-state index contributed by atoms with van der Waals surface area (Å²) in [6, 6.07) is 0. The molecule has 1 aliphatic heterocycles. The number of methoxy groups -OCH3 is 1. The molecule has 102 valence electrons. The highest BCUT2D eigenvalue weighted by molar-refractivity contribution is 5.87. The van der Waals surface area contributed by atoms with Gasteiger partial charge in [0.05, 0.1) is 13.2 Å². The fourth-order valence-corrected chi connectivity index (χ4v) is 1.82. The van der Waals surface area contributed by atoms with E-state index >= 15 is 0 Å². The Balaban J connectivity index is 2.23. The fourth-order valence-electron chi connectivity index (χ4n) is 1.82. The summed E-state index contributed by atoms with van der Waals surface area (Å²) < 4.78 is 4.79. The number of carbonyl (C=O) groups is 2. The summed E-state index contributed by atoms with van der Waals surface area (Å²) in [6.45, 7) is 5.38. The van der Waals surface area contributed by atoms with E-state index in [9.17, 15) is 9.59 Å². The van der Waals surface area contributed by atoms with Crippen LogP contribution < -0.4 is 5.48 Å². The van der Waals surface area contributed by atoms with E-state index in [0.29, 0.717) is 39.1 Å². The summed E-state index contributed by atoms with van der Waals surface area (Å²) >= 11 is 0. The van der Waals surface area contributed by atoms with Crippen LogP contribution >= 0.6 is 0 Å². The maximum atomic E-state index is 11.7. The Morgan fingerprint density at radius 3 is 2.61 bits per heavy atom. The molecule has 0 aliphatic carbocycles. The molecule has 0 unspecified atom stereocenters. The molecule has 0 spiro atoms. The smallest absolute Gasteiger partial charge is 0.246 e. The maximum absolute atomic E-state index is 11.7. The van der Waals surface area contributed by atoms with Gasteiger partial charge in [-0.05, 0) is 18.9 Å². The molecule has 1 N–H and O–H groups in total. The van der Waals surface area contributed by atoms with Gasteiger partial charge < -0.3 is 9.64 Å². The number of carbonyl (C=O) groups excluding carboxylic acids is 2. The first-order valence-corrected chi connectivity index (χ1v) is 6.01. The normalized spacial score (nSPS) is 16.4. The molecule has 0 saturated carbocycles. The van der Waals surface area contributed by atoms with Crippen molar-refractivity contribution in [2.75, 3.05) is 33.4 Å². The third kappa shape index (κ3) is 4.46.